The molecule has 3 aromatic rings. The van der Waals surface area contributed by atoms with Gasteiger partial charge in [0, 0.05) is 13.1 Å². The number of nitrogens with one attached hydrogen (secondary N) is 1. The number of nitrogens with zero attached hydrogens (tertiary/aromatic N) is 4. The Morgan fingerprint density at radius 2 is 2.17 bits per heavy atom. The number of hydrogen-bond donors (Lipinski definition) is 1. The van der Waals surface area contributed by atoms with Crippen LogP contribution < -0.4 is 5.56 Å². The minimum Gasteiger partial charge on any atom is -0.337 e. The standard InChI is InChI=1S/C16H17N5O2/c1-10-5-4-8-20(9-10)16(23)13-14-15(22)17-11-6-2-3-7-12(11)21(14)19-18-13/h2-3,6-7,10H,4-5,8-9H2,1H3,(H,17,22). The molecule has 0 radical (unpaired) electrons. The molecule has 1 atom stereocenters. The van der Waals surface area contributed by atoms with Crippen LogP contribution in [0.15, 0.2) is 29.1 Å². The van der Waals surface area contributed by atoms with Gasteiger partial charge in [0.15, 0.2) is 11.2 Å². The van der Waals surface area contributed by atoms with Crippen LogP contribution >= 0.6 is 0 Å². The fraction of sp³-hybridized carbons (Fsp3) is 0.375. The lowest BCUT2D eigenvalue weighted by Crippen LogP contribution is -2.39. The minimum atomic E-state index is -0.345. The maximum Gasteiger partial charge on any atom is 0.277 e. The van der Waals surface area contributed by atoms with E-state index >= 15 is 0 Å². The zero-order chi connectivity index (χ0) is 16.0. The molecule has 1 aromatic carbocycles. The lowest BCUT2D eigenvalue weighted by Gasteiger charge is -2.30. The maximum absolute atomic E-state index is 12.8. The summed E-state index contributed by atoms with van der Waals surface area (Å²) in [7, 11) is 0. The summed E-state index contributed by atoms with van der Waals surface area (Å²) in [6, 6.07) is 7.33. The summed E-state index contributed by atoms with van der Waals surface area (Å²) in [5, 5.41) is 8.05. The topological polar surface area (TPSA) is 83.4 Å². The summed E-state index contributed by atoms with van der Waals surface area (Å²) in [5.74, 6) is 0.251. The number of carbonyl (C=O) groups excluding carboxylic acids is 1. The Bertz CT molecular complexity index is 958. The molecule has 118 valence electrons. The monoisotopic (exact) mass is 311 g/mol. The van der Waals surface area contributed by atoms with Crippen molar-refractivity contribution in [1.82, 2.24) is 24.7 Å². The van der Waals surface area contributed by atoms with Gasteiger partial charge in [0.05, 0.1) is 11.0 Å². The van der Waals surface area contributed by atoms with Crippen molar-refractivity contribution < 1.29 is 4.79 Å². The van der Waals surface area contributed by atoms with Crippen LogP contribution in [0.3, 0.4) is 0 Å². The zero-order valence-corrected chi connectivity index (χ0v) is 12.8. The molecule has 1 aliphatic rings. The Hall–Kier alpha value is -2.70. The number of aromatic nitrogens is 4. The van der Waals surface area contributed by atoms with E-state index < -0.39 is 0 Å². The zero-order valence-electron chi connectivity index (χ0n) is 12.8. The molecule has 1 N–H and O–H groups in total. The number of likely N-dealkylation sites (tertiary alicyclic amines) is 1. The Labute approximate surface area is 131 Å². The maximum atomic E-state index is 12.8. The lowest BCUT2D eigenvalue weighted by molar-refractivity contribution is 0.0679. The van der Waals surface area contributed by atoms with Gasteiger partial charge in [0.1, 0.15) is 0 Å². The van der Waals surface area contributed by atoms with E-state index in [0.29, 0.717) is 24.5 Å². The highest BCUT2D eigenvalue weighted by Crippen LogP contribution is 2.19. The summed E-state index contributed by atoms with van der Waals surface area (Å²) in [6.45, 7) is 3.53. The average Bonchev–Trinajstić information content (AvgIpc) is 3.00. The van der Waals surface area contributed by atoms with Gasteiger partial charge in [-0.3, -0.25) is 9.59 Å². The molecular formula is C16H17N5O2. The second-order valence-electron chi connectivity index (χ2n) is 6.17. The van der Waals surface area contributed by atoms with Crippen LogP contribution in [0.25, 0.3) is 16.6 Å². The van der Waals surface area contributed by atoms with Gasteiger partial charge in [0.25, 0.3) is 11.5 Å². The molecular weight excluding hydrogens is 294 g/mol. The summed E-state index contributed by atoms with van der Waals surface area (Å²) in [6.07, 6.45) is 2.10. The van der Waals surface area contributed by atoms with Crippen LogP contribution in [0.5, 0.6) is 0 Å². The molecule has 1 aliphatic heterocycles. The first-order valence-electron chi connectivity index (χ1n) is 7.81. The van der Waals surface area contributed by atoms with Crippen molar-refractivity contribution in [1.29, 1.82) is 0 Å². The molecule has 0 aliphatic carbocycles. The number of H-pyrrole nitrogens is 1. The van der Waals surface area contributed by atoms with Gasteiger partial charge in [-0.25, -0.2) is 4.52 Å². The van der Waals surface area contributed by atoms with Gasteiger partial charge in [0.2, 0.25) is 0 Å². The number of carbonyl (C=O) groups is 1. The van der Waals surface area contributed by atoms with Crippen LogP contribution in [0.2, 0.25) is 0 Å². The summed E-state index contributed by atoms with van der Waals surface area (Å²) in [5.41, 5.74) is 1.39. The number of amides is 1. The molecule has 7 nitrogen and oxygen atoms in total. The second-order valence-corrected chi connectivity index (χ2v) is 6.17. The third-order valence-electron chi connectivity index (χ3n) is 4.41. The minimum absolute atomic E-state index is 0.131. The second kappa shape index (κ2) is 5.19. The molecule has 1 saturated heterocycles. The quantitative estimate of drug-likeness (QED) is 0.737. The molecule has 1 fully saturated rings. The van der Waals surface area contributed by atoms with Crippen LogP contribution in [-0.4, -0.2) is 43.7 Å². The van der Waals surface area contributed by atoms with Gasteiger partial charge in [-0.2, -0.15) is 0 Å². The van der Waals surface area contributed by atoms with Gasteiger partial charge in [-0.15, -0.1) is 5.10 Å². The molecule has 7 heteroatoms. The molecule has 3 heterocycles. The number of piperidine rings is 1. The van der Waals surface area contributed by atoms with Gasteiger partial charge < -0.3 is 9.88 Å². The summed E-state index contributed by atoms with van der Waals surface area (Å²) in [4.78, 5) is 29.7. The third-order valence-corrected chi connectivity index (χ3v) is 4.41. The highest BCUT2D eigenvalue weighted by molar-refractivity contribution is 5.99. The SMILES string of the molecule is CC1CCCN(C(=O)c2nnn3c2c(=O)[nH]c2ccccc23)C1. The molecule has 0 saturated carbocycles. The van der Waals surface area contributed by atoms with E-state index in [-0.39, 0.29) is 22.7 Å². The van der Waals surface area contributed by atoms with Crippen molar-refractivity contribution >= 4 is 22.5 Å². The Morgan fingerprint density at radius 1 is 1.35 bits per heavy atom. The van der Waals surface area contributed by atoms with Gasteiger partial charge in [-0.05, 0) is 30.9 Å². The summed E-state index contributed by atoms with van der Waals surface area (Å²) < 4.78 is 1.45. The van der Waals surface area contributed by atoms with Crippen molar-refractivity contribution in [3.8, 4) is 0 Å². The lowest BCUT2D eigenvalue weighted by atomic mass is 10.00. The first-order chi connectivity index (χ1) is 11.1. The van der Waals surface area contributed by atoms with Gasteiger partial charge >= 0.3 is 0 Å². The number of aromatic amines is 1. The van der Waals surface area contributed by atoms with E-state index in [9.17, 15) is 9.59 Å². The smallest absolute Gasteiger partial charge is 0.277 e. The van der Waals surface area contributed by atoms with E-state index in [1.165, 1.54) is 4.52 Å². The predicted molar refractivity (Wildman–Crippen MR) is 85.4 cm³/mol. The summed E-state index contributed by atoms with van der Waals surface area (Å²) >= 11 is 0. The van der Waals surface area contributed by atoms with E-state index in [4.69, 9.17) is 0 Å². The van der Waals surface area contributed by atoms with Crippen molar-refractivity contribution in [2.75, 3.05) is 13.1 Å². The number of para-hydroxylation sites is 2. The Morgan fingerprint density at radius 3 is 3.00 bits per heavy atom. The Kier molecular flexibility index (Phi) is 3.14. The Balaban J connectivity index is 1.86. The van der Waals surface area contributed by atoms with Crippen LogP contribution in [0, 0.1) is 5.92 Å². The largest absolute Gasteiger partial charge is 0.337 e. The van der Waals surface area contributed by atoms with Crippen LogP contribution in [-0.2, 0) is 0 Å². The highest BCUT2D eigenvalue weighted by atomic mass is 16.2. The first-order valence-corrected chi connectivity index (χ1v) is 7.81. The van der Waals surface area contributed by atoms with E-state index in [1.807, 2.05) is 18.2 Å². The normalized spacial score (nSPS) is 18.7. The van der Waals surface area contributed by atoms with Gasteiger partial charge in [-0.1, -0.05) is 24.3 Å². The van der Waals surface area contributed by atoms with Crippen molar-refractivity contribution in [2.45, 2.75) is 19.8 Å². The molecule has 23 heavy (non-hydrogen) atoms. The molecule has 1 unspecified atom stereocenters. The third kappa shape index (κ3) is 2.19. The number of rotatable bonds is 1. The molecule has 4 rings (SSSR count). The highest BCUT2D eigenvalue weighted by Gasteiger charge is 2.27. The van der Waals surface area contributed by atoms with E-state index in [1.54, 1.807) is 11.0 Å². The number of benzene rings is 1. The predicted octanol–water partition coefficient (Wildman–Crippen LogP) is 1.44. The fourth-order valence-electron chi connectivity index (χ4n) is 3.27. The van der Waals surface area contributed by atoms with Crippen LogP contribution in [0.4, 0.5) is 0 Å². The number of hydrogen-bond acceptors (Lipinski definition) is 4. The molecule has 2 aromatic heterocycles. The molecule has 0 spiro atoms. The van der Waals surface area contributed by atoms with Crippen molar-refractivity contribution in [3.05, 3.63) is 40.3 Å². The molecule has 1 amide bonds. The van der Waals surface area contributed by atoms with E-state index in [0.717, 1.165) is 18.4 Å². The van der Waals surface area contributed by atoms with Crippen LogP contribution in [0.1, 0.15) is 30.3 Å². The van der Waals surface area contributed by atoms with Crippen molar-refractivity contribution in [2.24, 2.45) is 5.92 Å². The fourth-order valence-corrected chi connectivity index (χ4v) is 3.27. The first kappa shape index (κ1) is 13.9. The average molecular weight is 311 g/mol. The van der Waals surface area contributed by atoms with Crippen molar-refractivity contribution in [3.63, 3.8) is 0 Å². The molecule has 0 bridgehead atoms. The van der Waals surface area contributed by atoms with E-state index in [2.05, 4.69) is 22.2 Å². The number of fused-ring (bicyclic) bond motifs is 3.